The van der Waals surface area contributed by atoms with Crippen molar-refractivity contribution < 1.29 is 23.8 Å². The first-order valence-electron chi connectivity index (χ1n) is 7.26. The van der Waals surface area contributed by atoms with Crippen LogP contribution in [0.25, 0.3) is 0 Å². The Morgan fingerprint density at radius 3 is 2.65 bits per heavy atom. The Morgan fingerprint density at radius 1 is 1.35 bits per heavy atom. The first-order valence-corrected chi connectivity index (χ1v) is 7.26. The maximum Gasteiger partial charge on any atom is 0.339 e. The topological polar surface area (TPSA) is 88.8 Å². The summed E-state index contributed by atoms with van der Waals surface area (Å²) in [4.78, 5) is 23.4. The van der Waals surface area contributed by atoms with Crippen LogP contribution in [-0.2, 0) is 11.2 Å². The maximum absolute atomic E-state index is 12.2. The van der Waals surface area contributed by atoms with Gasteiger partial charge in [0.2, 0.25) is 0 Å². The van der Waals surface area contributed by atoms with Crippen molar-refractivity contribution in [3.05, 3.63) is 53.0 Å². The monoisotopic (exact) mass is 317 g/mol. The number of ether oxygens (including phenoxy) is 1. The second-order valence-electron chi connectivity index (χ2n) is 5.06. The van der Waals surface area contributed by atoms with Gasteiger partial charge in [-0.2, -0.15) is 0 Å². The molecule has 2 rings (SSSR count). The summed E-state index contributed by atoms with van der Waals surface area (Å²) in [6, 6.07) is 8.49. The predicted molar refractivity (Wildman–Crippen MR) is 84.9 cm³/mol. The van der Waals surface area contributed by atoms with E-state index in [1.807, 2.05) is 19.1 Å². The van der Waals surface area contributed by atoms with E-state index in [-0.39, 0.29) is 23.2 Å². The molecule has 2 aromatic rings. The zero-order valence-corrected chi connectivity index (χ0v) is 13.3. The van der Waals surface area contributed by atoms with Crippen LogP contribution in [0.4, 0.5) is 5.69 Å². The van der Waals surface area contributed by atoms with Crippen molar-refractivity contribution in [1.82, 2.24) is 0 Å². The molecule has 1 atom stereocenters. The molecular formula is C17H19NO5. The summed E-state index contributed by atoms with van der Waals surface area (Å²) in [6.45, 7) is 3.67. The second-order valence-corrected chi connectivity index (χ2v) is 5.06. The first kappa shape index (κ1) is 16.8. The number of carboxylic acids is 1. The molecule has 1 amide bonds. The molecule has 1 heterocycles. The number of aromatic carboxylic acids is 1. The number of benzene rings is 1. The van der Waals surface area contributed by atoms with Gasteiger partial charge in [0.25, 0.3) is 5.91 Å². The van der Waals surface area contributed by atoms with Crippen molar-refractivity contribution in [2.75, 3.05) is 12.4 Å². The van der Waals surface area contributed by atoms with Crippen molar-refractivity contribution in [2.24, 2.45) is 0 Å². The fraction of sp³-hybridized carbons (Fsp3) is 0.294. The van der Waals surface area contributed by atoms with E-state index in [1.165, 1.54) is 6.07 Å². The van der Waals surface area contributed by atoms with Gasteiger partial charge in [0.05, 0.1) is 6.10 Å². The van der Waals surface area contributed by atoms with Gasteiger partial charge in [0.15, 0.2) is 5.76 Å². The lowest BCUT2D eigenvalue weighted by molar-refractivity contribution is 0.0694. The van der Waals surface area contributed by atoms with Crippen molar-refractivity contribution in [1.29, 1.82) is 0 Å². The number of methoxy groups -OCH3 is 1. The molecule has 1 aromatic heterocycles. The Labute approximate surface area is 134 Å². The number of nitrogens with one attached hydrogen (secondary N) is 1. The third kappa shape index (κ3) is 3.78. The Bertz CT molecular complexity index is 720. The summed E-state index contributed by atoms with van der Waals surface area (Å²) in [6.07, 6.45) is 0.302. The van der Waals surface area contributed by atoms with Gasteiger partial charge in [-0.15, -0.1) is 0 Å². The molecule has 0 saturated carbocycles. The predicted octanol–water partition coefficient (Wildman–Crippen LogP) is 3.50. The number of hydrogen-bond donors (Lipinski definition) is 2. The average Bonchev–Trinajstić information content (AvgIpc) is 2.99. The number of aryl methyl sites for hydroxylation is 1. The molecule has 0 bridgehead atoms. The van der Waals surface area contributed by atoms with Crippen LogP contribution in [0.15, 0.2) is 34.7 Å². The molecule has 122 valence electrons. The van der Waals surface area contributed by atoms with Crippen LogP contribution in [0.3, 0.4) is 0 Å². The van der Waals surface area contributed by atoms with Crippen molar-refractivity contribution in [3.63, 3.8) is 0 Å². The fourth-order valence-electron chi connectivity index (χ4n) is 2.18. The minimum absolute atomic E-state index is 0.0133. The molecule has 0 radical (unpaired) electrons. The number of carbonyl (C=O) groups is 2. The van der Waals surface area contributed by atoms with E-state index in [9.17, 15) is 9.59 Å². The van der Waals surface area contributed by atoms with E-state index in [0.29, 0.717) is 12.1 Å². The lowest BCUT2D eigenvalue weighted by atomic mass is 10.1. The smallest absolute Gasteiger partial charge is 0.339 e. The maximum atomic E-state index is 12.2. The molecule has 1 unspecified atom stereocenters. The Hall–Kier alpha value is -2.60. The normalized spacial score (nSPS) is 12.0. The fourth-order valence-corrected chi connectivity index (χ4v) is 2.18. The van der Waals surface area contributed by atoms with Gasteiger partial charge in [-0.25, -0.2) is 4.79 Å². The Morgan fingerprint density at radius 2 is 2.09 bits per heavy atom. The summed E-state index contributed by atoms with van der Waals surface area (Å²) in [7, 11) is 1.61. The van der Waals surface area contributed by atoms with Gasteiger partial charge in [-0.3, -0.25) is 4.79 Å². The minimum Gasteiger partial charge on any atom is -0.478 e. The molecule has 0 fully saturated rings. The molecule has 0 spiro atoms. The quantitative estimate of drug-likeness (QED) is 0.851. The lowest BCUT2D eigenvalue weighted by Gasteiger charge is -2.11. The minimum atomic E-state index is -1.11. The zero-order chi connectivity index (χ0) is 17.0. The molecule has 1 aromatic carbocycles. The van der Waals surface area contributed by atoms with Gasteiger partial charge in [0.1, 0.15) is 11.3 Å². The van der Waals surface area contributed by atoms with Crippen LogP contribution < -0.4 is 5.32 Å². The molecule has 0 aliphatic rings. The molecule has 0 saturated heterocycles. The van der Waals surface area contributed by atoms with Crippen molar-refractivity contribution in [2.45, 2.75) is 26.4 Å². The molecular weight excluding hydrogens is 298 g/mol. The van der Waals surface area contributed by atoms with Crippen LogP contribution >= 0.6 is 0 Å². The molecule has 6 heteroatoms. The van der Waals surface area contributed by atoms with E-state index < -0.39 is 11.9 Å². The molecule has 0 aliphatic carbocycles. The number of rotatable bonds is 6. The molecule has 6 nitrogen and oxygen atoms in total. The van der Waals surface area contributed by atoms with E-state index in [0.717, 1.165) is 5.56 Å². The number of carbonyl (C=O) groups excluding carboxylic acids is 1. The number of anilines is 1. The Kier molecular flexibility index (Phi) is 5.18. The largest absolute Gasteiger partial charge is 0.478 e. The SMILES string of the molecule is CCc1oc(C(=O)Nc2cccc(C(C)OC)c2)cc1C(=O)O. The second kappa shape index (κ2) is 7.11. The van der Waals surface area contributed by atoms with Crippen LogP contribution in [0.1, 0.15) is 52.2 Å². The summed E-state index contributed by atoms with van der Waals surface area (Å²) in [5.41, 5.74) is 1.52. The molecule has 23 heavy (non-hydrogen) atoms. The van der Waals surface area contributed by atoms with Crippen LogP contribution in [0.5, 0.6) is 0 Å². The van der Waals surface area contributed by atoms with Gasteiger partial charge >= 0.3 is 5.97 Å². The number of carboxylic acid groups (broad SMARTS) is 1. The summed E-state index contributed by atoms with van der Waals surface area (Å²) >= 11 is 0. The van der Waals surface area contributed by atoms with Gasteiger partial charge < -0.3 is 19.6 Å². The average molecular weight is 317 g/mol. The highest BCUT2D eigenvalue weighted by Crippen LogP contribution is 2.21. The summed E-state index contributed by atoms with van der Waals surface area (Å²) < 4.78 is 10.6. The highest BCUT2D eigenvalue weighted by Gasteiger charge is 2.20. The van der Waals surface area contributed by atoms with Gasteiger partial charge in [-0.05, 0) is 24.6 Å². The first-order chi connectivity index (χ1) is 11.0. The number of amides is 1. The third-order valence-corrected chi connectivity index (χ3v) is 3.55. The zero-order valence-electron chi connectivity index (χ0n) is 13.3. The molecule has 2 N–H and O–H groups in total. The standard InChI is InChI=1S/C17H19NO5/c1-4-14-13(17(20)21)9-15(23-14)16(19)18-12-7-5-6-11(8-12)10(2)22-3/h5-10H,4H2,1-3H3,(H,18,19)(H,20,21). The van der Waals surface area contributed by atoms with E-state index in [2.05, 4.69) is 5.32 Å². The highest BCUT2D eigenvalue weighted by atomic mass is 16.5. The number of furan rings is 1. The summed E-state index contributed by atoms with van der Waals surface area (Å²) in [5.74, 6) is -1.34. The lowest BCUT2D eigenvalue weighted by Crippen LogP contribution is -2.11. The van der Waals surface area contributed by atoms with Gasteiger partial charge in [0, 0.05) is 25.3 Å². The van der Waals surface area contributed by atoms with Crippen molar-refractivity contribution in [3.8, 4) is 0 Å². The third-order valence-electron chi connectivity index (χ3n) is 3.55. The number of hydrogen-bond acceptors (Lipinski definition) is 4. The van der Waals surface area contributed by atoms with E-state index >= 15 is 0 Å². The van der Waals surface area contributed by atoms with Crippen LogP contribution in [-0.4, -0.2) is 24.1 Å². The highest BCUT2D eigenvalue weighted by molar-refractivity contribution is 6.04. The van der Waals surface area contributed by atoms with Gasteiger partial charge in [-0.1, -0.05) is 19.1 Å². The van der Waals surface area contributed by atoms with E-state index in [4.69, 9.17) is 14.3 Å². The van der Waals surface area contributed by atoms with Crippen LogP contribution in [0, 0.1) is 0 Å². The van der Waals surface area contributed by atoms with E-state index in [1.54, 1.807) is 26.2 Å². The molecule has 0 aliphatic heterocycles. The van der Waals surface area contributed by atoms with Crippen LogP contribution in [0.2, 0.25) is 0 Å². The summed E-state index contributed by atoms with van der Waals surface area (Å²) in [5, 5.41) is 11.8. The van der Waals surface area contributed by atoms with Crippen molar-refractivity contribution >= 4 is 17.6 Å². The Balaban J connectivity index is 2.21.